The van der Waals surface area contributed by atoms with E-state index >= 15 is 0 Å². The second kappa shape index (κ2) is 11.7. The van der Waals surface area contributed by atoms with Crippen molar-refractivity contribution in [1.82, 2.24) is 0 Å². The van der Waals surface area contributed by atoms with Crippen LogP contribution in [-0.4, -0.2) is 24.2 Å². The van der Waals surface area contributed by atoms with Gasteiger partial charge in [-0.25, -0.2) is 0 Å². The minimum absolute atomic E-state index is 0.0726. The number of unbranched alkanes of at least 4 members (excludes halogenated alkanes) is 3. The van der Waals surface area contributed by atoms with Crippen LogP contribution in [0.3, 0.4) is 0 Å². The number of rotatable bonds is 10. The molecular weight excluding hydrogens is 595 g/mol. The highest BCUT2D eigenvalue weighted by Crippen LogP contribution is 2.57. The van der Waals surface area contributed by atoms with Crippen LogP contribution in [0.25, 0.3) is 0 Å². The number of benzene rings is 1. The highest BCUT2D eigenvalue weighted by molar-refractivity contribution is 14.1. The number of fused-ring (bicyclic) bond motifs is 3. The van der Waals surface area contributed by atoms with E-state index in [1.54, 1.807) is 0 Å². The summed E-state index contributed by atoms with van der Waals surface area (Å²) in [7, 11) is -2.01. The Hall–Kier alpha value is 0.0569. The van der Waals surface area contributed by atoms with Crippen LogP contribution in [0.1, 0.15) is 117 Å². The maximum Gasteiger partial charge on any atom is 0.250 e. The van der Waals surface area contributed by atoms with Crippen molar-refractivity contribution in [3.05, 3.63) is 23.3 Å². The van der Waals surface area contributed by atoms with Gasteiger partial charge in [0, 0.05) is 21.8 Å². The van der Waals surface area contributed by atoms with Crippen LogP contribution in [0, 0.1) is 11.8 Å². The molecule has 1 heterocycles. The van der Waals surface area contributed by atoms with E-state index in [4.69, 9.17) is 20.8 Å². The molecular formula is C31H52ClIO2Si. The summed E-state index contributed by atoms with van der Waals surface area (Å²) >= 11 is 8.49. The first kappa shape index (κ1) is 30.6. The fourth-order valence-corrected chi connectivity index (χ4v) is 8.04. The number of hydrogen-bond donors (Lipinski definition) is 0. The molecule has 0 amide bonds. The molecule has 0 aromatic heterocycles. The average Bonchev–Trinajstić information content (AvgIpc) is 2.76. The fraction of sp³-hybridized carbons (Fsp3) is 0.806. The predicted octanol–water partition coefficient (Wildman–Crippen LogP) is 10.6. The van der Waals surface area contributed by atoms with E-state index in [1.807, 2.05) is 0 Å². The van der Waals surface area contributed by atoms with Crippen LogP contribution < -0.4 is 9.16 Å². The molecule has 5 heteroatoms. The lowest BCUT2D eigenvalue weighted by atomic mass is 9.64. The second-order valence-electron chi connectivity index (χ2n) is 14.2. The molecule has 2 aliphatic rings. The SMILES string of the molecule is CC(C)(CCCCCCCl)c1cc2c(c(O[Si](C)(C)C(C)(C)C)c1)[C@@H]1C[C@H](CI)CC[C@H]1C(C)(C)O2. The third kappa shape index (κ3) is 6.79. The summed E-state index contributed by atoms with van der Waals surface area (Å²) in [5, 5.41) is 0.152. The Morgan fingerprint density at radius 3 is 2.33 bits per heavy atom. The summed E-state index contributed by atoms with van der Waals surface area (Å²) in [6.07, 6.45) is 9.81. The van der Waals surface area contributed by atoms with E-state index < -0.39 is 8.32 Å². The Labute approximate surface area is 242 Å². The third-order valence-electron chi connectivity index (χ3n) is 9.56. The van der Waals surface area contributed by atoms with Crippen molar-refractivity contribution in [1.29, 1.82) is 0 Å². The minimum atomic E-state index is -2.01. The van der Waals surface area contributed by atoms with Crippen molar-refractivity contribution >= 4 is 42.5 Å². The lowest BCUT2D eigenvalue weighted by Crippen LogP contribution is -2.48. The molecule has 0 radical (unpaired) electrons. The Balaban J connectivity index is 2.07. The molecule has 0 N–H and O–H groups in total. The van der Waals surface area contributed by atoms with Gasteiger partial charge in [0.15, 0.2) is 0 Å². The first-order valence-corrected chi connectivity index (χ1v) is 19.3. The maximum absolute atomic E-state index is 7.19. The van der Waals surface area contributed by atoms with Crippen LogP contribution in [0.4, 0.5) is 0 Å². The van der Waals surface area contributed by atoms with Gasteiger partial charge < -0.3 is 9.16 Å². The van der Waals surface area contributed by atoms with Gasteiger partial charge in [-0.1, -0.05) is 76.5 Å². The van der Waals surface area contributed by atoms with Gasteiger partial charge in [0.05, 0.1) is 0 Å². The Kier molecular flexibility index (Phi) is 9.91. The highest BCUT2D eigenvalue weighted by Gasteiger charge is 2.49. The Bertz CT molecular complexity index is 889. The van der Waals surface area contributed by atoms with Crippen LogP contribution in [-0.2, 0) is 5.41 Å². The molecule has 1 fully saturated rings. The molecule has 1 aromatic rings. The fourth-order valence-electron chi connectivity index (χ4n) is 6.02. The summed E-state index contributed by atoms with van der Waals surface area (Å²) in [5.41, 5.74) is 2.67. The van der Waals surface area contributed by atoms with E-state index in [9.17, 15) is 0 Å². The smallest absolute Gasteiger partial charge is 0.250 e. The van der Waals surface area contributed by atoms with Crippen molar-refractivity contribution in [2.45, 2.75) is 135 Å². The van der Waals surface area contributed by atoms with Gasteiger partial charge >= 0.3 is 0 Å². The molecule has 3 atom stereocenters. The zero-order valence-corrected chi connectivity index (χ0v) is 28.4. The number of halogens is 2. The normalized spacial score (nSPS) is 24.0. The summed E-state index contributed by atoms with van der Waals surface area (Å²) in [5.74, 6) is 4.85. The minimum Gasteiger partial charge on any atom is -0.543 e. The van der Waals surface area contributed by atoms with E-state index in [1.165, 1.54) is 60.5 Å². The van der Waals surface area contributed by atoms with Crippen LogP contribution in [0.5, 0.6) is 11.5 Å². The average molecular weight is 647 g/mol. The largest absolute Gasteiger partial charge is 0.543 e. The van der Waals surface area contributed by atoms with Crippen molar-refractivity contribution in [2.75, 3.05) is 10.3 Å². The van der Waals surface area contributed by atoms with E-state index in [2.05, 4.69) is 96.3 Å². The number of alkyl halides is 2. The summed E-state index contributed by atoms with van der Waals surface area (Å²) in [4.78, 5) is 0. The third-order valence-corrected chi connectivity index (χ3v) is 15.4. The van der Waals surface area contributed by atoms with Crippen molar-refractivity contribution in [3.63, 3.8) is 0 Å². The Morgan fingerprint density at radius 1 is 1.06 bits per heavy atom. The molecule has 1 aromatic carbocycles. The molecule has 1 aliphatic carbocycles. The molecule has 0 spiro atoms. The zero-order chi connectivity index (χ0) is 26.9. The van der Waals surface area contributed by atoms with Crippen molar-refractivity contribution < 1.29 is 9.16 Å². The molecule has 206 valence electrons. The molecule has 3 rings (SSSR count). The topological polar surface area (TPSA) is 18.5 Å². The molecule has 1 aliphatic heterocycles. The molecule has 2 nitrogen and oxygen atoms in total. The number of hydrogen-bond acceptors (Lipinski definition) is 2. The van der Waals surface area contributed by atoms with Gasteiger partial charge in [-0.05, 0) is 99.0 Å². The van der Waals surface area contributed by atoms with Crippen molar-refractivity contribution in [3.8, 4) is 11.5 Å². The first-order valence-electron chi connectivity index (χ1n) is 14.3. The van der Waals surface area contributed by atoms with Gasteiger partial charge in [0.25, 0.3) is 0 Å². The van der Waals surface area contributed by atoms with Gasteiger partial charge in [-0.15, -0.1) is 11.6 Å². The maximum atomic E-state index is 7.19. The summed E-state index contributed by atoms with van der Waals surface area (Å²) < 4.78 is 15.3. The van der Waals surface area contributed by atoms with Crippen LogP contribution >= 0.6 is 34.2 Å². The lowest BCUT2D eigenvalue weighted by Gasteiger charge is -2.50. The van der Waals surface area contributed by atoms with E-state index in [0.29, 0.717) is 11.8 Å². The predicted molar refractivity (Wildman–Crippen MR) is 168 cm³/mol. The molecule has 0 saturated heterocycles. The van der Waals surface area contributed by atoms with E-state index in [-0.39, 0.29) is 16.1 Å². The molecule has 0 unspecified atom stereocenters. The lowest BCUT2D eigenvalue weighted by molar-refractivity contribution is -0.0138. The van der Waals surface area contributed by atoms with Gasteiger partial charge in [-0.3, -0.25) is 0 Å². The quantitative estimate of drug-likeness (QED) is 0.109. The zero-order valence-electron chi connectivity index (χ0n) is 24.5. The first-order chi connectivity index (χ1) is 16.6. The van der Waals surface area contributed by atoms with Gasteiger partial charge in [0.1, 0.15) is 17.1 Å². The van der Waals surface area contributed by atoms with Crippen molar-refractivity contribution in [2.24, 2.45) is 11.8 Å². The van der Waals surface area contributed by atoms with E-state index in [0.717, 1.165) is 29.7 Å². The summed E-state index contributed by atoms with van der Waals surface area (Å²) in [6.45, 7) is 21.2. The van der Waals surface area contributed by atoms with Gasteiger partial charge in [0.2, 0.25) is 8.32 Å². The second-order valence-corrected chi connectivity index (χ2v) is 20.2. The molecule has 36 heavy (non-hydrogen) atoms. The Morgan fingerprint density at radius 2 is 1.72 bits per heavy atom. The standard InChI is InChI=1S/C31H52ClIO2Si/c1-29(2,3)36(8,9)35-27-20-23(30(4,5)16-12-10-11-13-17-32)19-26-28(27)24-18-22(21-33)14-15-25(24)31(6,7)34-26/h19-20,22,24-25H,10-18,21H2,1-9H3/t22-,24-,25-/m1/s1. The number of ether oxygens (including phenoxy) is 1. The van der Waals surface area contributed by atoms with Crippen LogP contribution in [0.2, 0.25) is 18.1 Å². The van der Waals surface area contributed by atoms with Gasteiger partial charge in [-0.2, -0.15) is 0 Å². The summed E-state index contributed by atoms with van der Waals surface area (Å²) in [6, 6.07) is 4.81. The van der Waals surface area contributed by atoms with Crippen LogP contribution in [0.15, 0.2) is 12.1 Å². The highest BCUT2D eigenvalue weighted by atomic mass is 127. The monoisotopic (exact) mass is 646 g/mol. The molecule has 1 saturated carbocycles. The molecule has 0 bridgehead atoms.